The molecule has 0 saturated heterocycles. The van der Waals surface area contributed by atoms with E-state index in [9.17, 15) is 4.79 Å². The van der Waals surface area contributed by atoms with Crippen LogP contribution in [0.25, 0.3) is 11.0 Å². The van der Waals surface area contributed by atoms with Crippen LogP contribution in [-0.2, 0) is 11.2 Å². The van der Waals surface area contributed by atoms with Crippen LogP contribution in [0.3, 0.4) is 0 Å². The summed E-state index contributed by atoms with van der Waals surface area (Å²) in [4.78, 5) is 10.3. The number of aromatic nitrogens is 1. The Labute approximate surface area is 79.3 Å². The molecule has 0 aliphatic heterocycles. The Morgan fingerprint density at radius 3 is 3.15 bits per heavy atom. The lowest BCUT2D eigenvalue weighted by atomic mass is 10.2. The molecular weight excluding hydrogens is 190 g/mol. The highest BCUT2D eigenvalue weighted by Gasteiger charge is 2.07. The lowest BCUT2D eigenvalue weighted by Gasteiger charge is -1.89. The molecule has 1 heterocycles. The summed E-state index contributed by atoms with van der Waals surface area (Å²) in [5.74, 6) is 0. The molecule has 0 unspecified atom stereocenters. The van der Waals surface area contributed by atoms with Crippen molar-refractivity contribution in [2.45, 2.75) is 6.42 Å². The van der Waals surface area contributed by atoms with Gasteiger partial charge in [-0.1, -0.05) is 16.8 Å². The zero-order valence-electron chi connectivity index (χ0n) is 6.66. The molecule has 0 amide bonds. The fourth-order valence-electron chi connectivity index (χ4n) is 1.19. The maximum Gasteiger partial charge on any atom is 0.167 e. The molecule has 2 rings (SSSR count). The molecule has 0 fully saturated rings. The van der Waals surface area contributed by atoms with Gasteiger partial charge in [0.25, 0.3) is 0 Å². The maximum absolute atomic E-state index is 10.3. The molecule has 0 saturated carbocycles. The molecule has 1 aromatic heterocycles. The standard InChI is InChI=1S/C9H6ClNO2/c10-6-1-2-9-7(5-6)8(3-4-12)11-13-9/h1-2,4-5H,3H2. The van der Waals surface area contributed by atoms with Gasteiger partial charge in [-0.3, -0.25) is 0 Å². The van der Waals surface area contributed by atoms with Gasteiger partial charge >= 0.3 is 0 Å². The summed E-state index contributed by atoms with van der Waals surface area (Å²) in [5, 5.41) is 5.18. The van der Waals surface area contributed by atoms with Crippen LogP contribution in [0.1, 0.15) is 5.69 Å². The van der Waals surface area contributed by atoms with Crippen LogP contribution < -0.4 is 0 Å². The third-order valence-electron chi connectivity index (χ3n) is 1.78. The van der Waals surface area contributed by atoms with Gasteiger partial charge in [-0.2, -0.15) is 0 Å². The van der Waals surface area contributed by atoms with Crippen molar-refractivity contribution < 1.29 is 9.32 Å². The van der Waals surface area contributed by atoms with Crippen molar-refractivity contribution in [1.82, 2.24) is 5.16 Å². The van der Waals surface area contributed by atoms with E-state index < -0.39 is 0 Å². The lowest BCUT2D eigenvalue weighted by molar-refractivity contribution is -0.107. The van der Waals surface area contributed by atoms with E-state index in [-0.39, 0.29) is 6.42 Å². The van der Waals surface area contributed by atoms with Gasteiger partial charge in [0.05, 0.1) is 5.69 Å². The van der Waals surface area contributed by atoms with E-state index in [2.05, 4.69) is 5.16 Å². The third kappa shape index (κ3) is 1.42. The first-order chi connectivity index (χ1) is 6.31. The molecule has 66 valence electrons. The summed E-state index contributed by atoms with van der Waals surface area (Å²) in [6.45, 7) is 0. The summed E-state index contributed by atoms with van der Waals surface area (Å²) in [6, 6.07) is 5.20. The van der Waals surface area contributed by atoms with Crippen LogP contribution in [0, 0.1) is 0 Å². The number of aldehydes is 1. The predicted octanol–water partition coefficient (Wildman–Crippen LogP) is 2.22. The average Bonchev–Trinajstić information content (AvgIpc) is 2.49. The molecular formula is C9H6ClNO2. The van der Waals surface area contributed by atoms with Crippen molar-refractivity contribution in [1.29, 1.82) is 0 Å². The Balaban J connectivity index is 2.64. The van der Waals surface area contributed by atoms with E-state index in [0.29, 0.717) is 16.3 Å². The van der Waals surface area contributed by atoms with Gasteiger partial charge in [0.1, 0.15) is 6.29 Å². The predicted molar refractivity (Wildman–Crippen MR) is 48.8 cm³/mol. The molecule has 1 aromatic carbocycles. The molecule has 0 radical (unpaired) electrons. The van der Waals surface area contributed by atoms with E-state index in [1.165, 1.54) is 0 Å². The van der Waals surface area contributed by atoms with Crippen LogP contribution in [0.15, 0.2) is 22.7 Å². The van der Waals surface area contributed by atoms with Gasteiger partial charge in [0.2, 0.25) is 0 Å². The van der Waals surface area contributed by atoms with E-state index >= 15 is 0 Å². The average molecular weight is 196 g/mol. The number of carbonyl (C=O) groups is 1. The van der Waals surface area contributed by atoms with E-state index in [1.807, 2.05) is 0 Å². The summed E-state index contributed by atoms with van der Waals surface area (Å²) >= 11 is 5.79. The topological polar surface area (TPSA) is 43.1 Å². The molecule has 4 heteroatoms. The lowest BCUT2D eigenvalue weighted by Crippen LogP contribution is -1.85. The zero-order valence-corrected chi connectivity index (χ0v) is 7.41. The van der Waals surface area contributed by atoms with Crippen LogP contribution in [0.2, 0.25) is 5.02 Å². The zero-order chi connectivity index (χ0) is 9.26. The van der Waals surface area contributed by atoms with Gasteiger partial charge < -0.3 is 9.32 Å². The Bertz CT molecular complexity index is 450. The van der Waals surface area contributed by atoms with Gasteiger partial charge in [-0.05, 0) is 18.2 Å². The van der Waals surface area contributed by atoms with E-state index in [4.69, 9.17) is 16.1 Å². The van der Waals surface area contributed by atoms with Crippen molar-refractivity contribution >= 4 is 28.9 Å². The normalized spacial score (nSPS) is 10.5. The number of hydrogen-bond acceptors (Lipinski definition) is 3. The second-order valence-electron chi connectivity index (χ2n) is 2.64. The molecule has 0 aliphatic rings. The van der Waals surface area contributed by atoms with Gasteiger partial charge in [-0.15, -0.1) is 0 Å². The minimum atomic E-state index is 0.257. The highest BCUT2D eigenvalue weighted by atomic mass is 35.5. The minimum absolute atomic E-state index is 0.257. The molecule has 0 N–H and O–H groups in total. The number of halogens is 1. The molecule has 2 aromatic rings. The number of benzene rings is 1. The Morgan fingerprint density at radius 1 is 1.54 bits per heavy atom. The first kappa shape index (κ1) is 8.26. The Hall–Kier alpha value is -1.35. The first-order valence-corrected chi connectivity index (χ1v) is 4.16. The van der Waals surface area contributed by atoms with Crippen LogP contribution in [0.4, 0.5) is 0 Å². The van der Waals surface area contributed by atoms with Crippen molar-refractivity contribution in [2.24, 2.45) is 0 Å². The Morgan fingerprint density at radius 2 is 2.38 bits per heavy atom. The highest BCUT2D eigenvalue weighted by Crippen LogP contribution is 2.22. The fraction of sp³-hybridized carbons (Fsp3) is 0.111. The van der Waals surface area contributed by atoms with Crippen LogP contribution in [0.5, 0.6) is 0 Å². The number of hydrogen-bond donors (Lipinski definition) is 0. The summed E-state index contributed by atoms with van der Waals surface area (Å²) < 4.78 is 4.99. The molecule has 0 atom stereocenters. The monoisotopic (exact) mass is 195 g/mol. The number of fused-ring (bicyclic) bond motifs is 1. The Kier molecular flexibility index (Phi) is 2.02. The van der Waals surface area contributed by atoms with Gasteiger partial charge in [0.15, 0.2) is 5.58 Å². The summed E-state index contributed by atoms with van der Waals surface area (Å²) in [6.07, 6.45) is 1.05. The largest absolute Gasteiger partial charge is 0.356 e. The van der Waals surface area contributed by atoms with Crippen molar-refractivity contribution in [3.63, 3.8) is 0 Å². The van der Waals surface area contributed by atoms with Gasteiger partial charge in [0, 0.05) is 16.8 Å². The van der Waals surface area contributed by atoms with Crippen molar-refractivity contribution in [2.75, 3.05) is 0 Å². The minimum Gasteiger partial charge on any atom is -0.356 e. The van der Waals surface area contributed by atoms with Crippen molar-refractivity contribution in [3.05, 3.63) is 28.9 Å². The molecule has 0 spiro atoms. The third-order valence-corrected chi connectivity index (χ3v) is 2.02. The van der Waals surface area contributed by atoms with E-state index in [1.54, 1.807) is 18.2 Å². The van der Waals surface area contributed by atoms with Crippen LogP contribution >= 0.6 is 11.6 Å². The van der Waals surface area contributed by atoms with Gasteiger partial charge in [-0.25, -0.2) is 0 Å². The smallest absolute Gasteiger partial charge is 0.167 e. The van der Waals surface area contributed by atoms with Crippen LogP contribution in [-0.4, -0.2) is 11.4 Å². The second kappa shape index (κ2) is 3.18. The quantitative estimate of drug-likeness (QED) is 0.691. The summed E-state index contributed by atoms with van der Waals surface area (Å²) in [7, 11) is 0. The molecule has 0 aliphatic carbocycles. The SMILES string of the molecule is O=CCc1noc2ccc(Cl)cc12. The highest BCUT2D eigenvalue weighted by molar-refractivity contribution is 6.31. The second-order valence-corrected chi connectivity index (χ2v) is 3.08. The molecule has 3 nitrogen and oxygen atoms in total. The molecule has 0 bridgehead atoms. The first-order valence-electron chi connectivity index (χ1n) is 3.78. The van der Waals surface area contributed by atoms with Crippen molar-refractivity contribution in [3.8, 4) is 0 Å². The van der Waals surface area contributed by atoms with E-state index in [0.717, 1.165) is 11.7 Å². The number of nitrogens with zero attached hydrogens (tertiary/aromatic N) is 1. The number of carbonyl (C=O) groups excluding carboxylic acids is 1. The maximum atomic E-state index is 10.3. The summed E-state index contributed by atoms with van der Waals surface area (Å²) in [5.41, 5.74) is 1.29. The molecule has 13 heavy (non-hydrogen) atoms. The fourth-order valence-corrected chi connectivity index (χ4v) is 1.36. The number of rotatable bonds is 2.